The van der Waals surface area contributed by atoms with E-state index < -0.39 is 10.8 Å². The normalized spacial score (nSPS) is 13.3. The van der Waals surface area contributed by atoms with Gasteiger partial charge in [0.05, 0.1) is 17.9 Å². The summed E-state index contributed by atoms with van der Waals surface area (Å²) in [6, 6.07) is 65.0. The van der Waals surface area contributed by atoms with Crippen molar-refractivity contribution in [2.45, 2.75) is 10.8 Å². The average molecular weight is 857 g/mol. The minimum absolute atomic E-state index is 0.249. The zero-order valence-electron chi connectivity index (χ0n) is 31.6. The molecule has 0 fully saturated rings. The van der Waals surface area contributed by atoms with Crippen molar-refractivity contribution in [2.24, 2.45) is 0 Å². The van der Waals surface area contributed by atoms with E-state index in [9.17, 15) is 15.3 Å². The van der Waals surface area contributed by atoms with Crippen molar-refractivity contribution in [3.8, 4) is 45.3 Å². The highest BCUT2D eigenvalue weighted by molar-refractivity contribution is 14.1. The van der Waals surface area contributed by atoms with E-state index >= 15 is 0 Å². The molecule has 0 bridgehead atoms. The first-order valence-electron chi connectivity index (χ1n) is 18.8. The van der Waals surface area contributed by atoms with Gasteiger partial charge in [-0.1, -0.05) is 168 Å². The molecular weight excluding hydrogens is 815 g/mol. The van der Waals surface area contributed by atoms with Crippen LogP contribution in [0.1, 0.15) is 44.5 Å². The lowest BCUT2D eigenvalue weighted by Crippen LogP contribution is -2.28. The van der Waals surface area contributed by atoms with E-state index in [1.165, 1.54) is 50.1 Å². The second-order valence-electron chi connectivity index (χ2n) is 14.1. The van der Waals surface area contributed by atoms with Crippen LogP contribution in [0.15, 0.2) is 194 Å². The first-order chi connectivity index (χ1) is 28.0. The van der Waals surface area contributed by atoms with E-state index in [4.69, 9.17) is 4.74 Å². The van der Waals surface area contributed by atoms with E-state index in [1.54, 1.807) is 43.5 Å². The van der Waals surface area contributed by atoms with Crippen molar-refractivity contribution >= 4 is 22.6 Å². The summed E-state index contributed by atoms with van der Waals surface area (Å²) in [7, 11) is 1.69. The van der Waals surface area contributed by atoms with Gasteiger partial charge in [0, 0.05) is 0 Å². The van der Waals surface area contributed by atoms with E-state index in [0.717, 1.165) is 22.4 Å². The smallest absolute Gasteiger partial charge is 0.118 e. The van der Waals surface area contributed by atoms with Crippen LogP contribution in [0, 0.1) is 0 Å². The van der Waals surface area contributed by atoms with E-state index in [2.05, 4.69) is 132 Å². The summed E-state index contributed by atoms with van der Waals surface area (Å²) in [4.78, 5) is 1.97. The van der Waals surface area contributed by atoms with Crippen LogP contribution in [-0.4, -0.2) is 27.4 Å². The monoisotopic (exact) mass is 856 g/mol. The van der Waals surface area contributed by atoms with E-state index in [0.29, 0.717) is 0 Å². The van der Waals surface area contributed by atoms with Gasteiger partial charge in [0.2, 0.25) is 0 Å². The SMILES string of the molecule is CI.COc1ccc(C2(c3ccc(O)cc3)c3ccccc3-c3ccccc32)cc1.Oc1ccc(C2(c3ccc(O)cc3)c3ccccc3-c3ccccc32)cc1. The molecule has 280 valence electrons. The summed E-state index contributed by atoms with van der Waals surface area (Å²) in [5, 5.41) is 29.6. The molecule has 2 aliphatic carbocycles. The van der Waals surface area contributed by atoms with Gasteiger partial charge >= 0.3 is 0 Å². The molecule has 57 heavy (non-hydrogen) atoms. The van der Waals surface area contributed by atoms with Gasteiger partial charge in [-0.05, 0) is 120 Å². The summed E-state index contributed by atoms with van der Waals surface area (Å²) in [6.07, 6.45) is 0. The lowest BCUT2D eigenvalue weighted by atomic mass is 9.68. The first-order valence-corrected chi connectivity index (χ1v) is 20.9. The van der Waals surface area contributed by atoms with Gasteiger partial charge in [-0.15, -0.1) is 0 Å². The van der Waals surface area contributed by atoms with Gasteiger partial charge in [-0.2, -0.15) is 0 Å². The van der Waals surface area contributed by atoms with Crippen LogP contribution in [0.2, 0.25) is 0 Å². The fourth-order valence-electron chi connectivity index (χ4n) is 9.02. The van der Waals surface area contributed by atoms with Crippen molar-refractivity contribution in [3.05, 3.63) is 239 Å². The third-order valence-corrected chi connectivity index (χ3v) is 11.3. The van der Waals surface area contributed by atoms with Crippen LogP contribution < -0.4 is 4.74 Å². The van der Waals surface area contributed by atoms with Crippen LogP contribution in [0.5, 0.6) is 23.0 Å². The third-order valence-electron chi connectivity index (χ3n) is 11.3. The number of hydrogen-bond acceptors (Lipinski definition) is 4. The Kier molecular flexibility index (Phi) is 10.3. The van der Waals surface area contributed by atoms with Crippen molar-refractivity contribution in [1.29, 1.82) is 0 Å². The Morgan fingerprint density at radius 3 is 0.807 bits per heavy atom. The van der Waals surface area contributed by atoms with Crippen LogP contribution in [0.3, 0.4) is 0 Å². The summed E-state index contributed by atoms with van der Waals surface area (Å²) >= 11 is 2.15. The van der Waals surface area contributed by atoms with Gasteiger partial charge in [0.25, 0.3) is 0 Å². The Morgan fingerprint density at radius 1 is 0.333 bits per heavy atom. The second-order valence-corrected chi connectivity index (χ2v) is 14.1. The van der Waals surface area contributed by atoms with Gasteiger partial charge < -0.3 is 20.1 Å². The van der Waals surface area contributed by atoms with Gasteiger partial charge in [0.1, 0.15) is 23.0 Å². The van der Waals surface area contributed by atoms with Gasteiger partial charge in [-0.25, -0.2) is 0 Å². The van der Waals surface area contributed by atoms with Crippen molar-refractivity contribution in [3.63, 3.8) is 0 Å². The highest BCUT2D eigenvalue weighted by atomic mass is 127. The Hall–Kier alpha value is -6.31. The van der Waals surface area contributed by atoms with E-state index in [1.807, 2.05) is 53.5 Å². The zero-order valence-corrected chi connectivity index (χ0v) is 33.8. The van der Waals surface area contributed by atoms with Gasteiger partial charge in [-0.3, -0.25) is 0 Å². The lowest BCUT2D eigenvalue weighted by molar-refractivity contribution is 0.414. The average Bonchev–Trinajstić information content (AvgIpc) is 3.74. The Morgan fingerprint density at radius 2 is 0.561 bits per heavy atom. The molecule has 4 nitrogen and oxygen atoms in total. The molecule has 8 aromatic carbocycles. The number of aromatic hydroxyl groups is 3. The number of alkyl halides is 1. The number of fused-ring (bicyclic) bond motifs is 6. The number of phenolic OH excluding ortho intramolecular Hbond substituents is 3. The number of benzene rings is 8. The zero-order chi connectivity index (χ0) is 39.6. The molecule has 0 aliphatic heterocycles. The topological polar surface area (TPSA) is 69.9 Å². The van der Waals surface area contributed by atoms with Crippen LogP contribution >= 0.6 is 22.6 Å². The van der Waals surface area contributed by atoms with Crippen molar-refractivity contribution in [1.82, 2.24) is 0 Å². The number of phenols is 3. The van der Waals surface area contributed by atoms with Crippen molar-refractivity contribution < 1.29 is 20.1 Å². The molecule has 0 saturated carbocycles. The molecule has 0 spiro atoms. The minimum atomic E-state index is -0.491. The Balaban J connectivity index is 0.000000153. The lowest BCUT2D eigenvalue weighted by Gasteiger charge is -2.34. The molecule has 0 unspecified atom stereocenters. The molecule has 5 heteroatoms. The highest BCUT2D eigenvalue weighted by Gasteiger charge is 2.47. The maximum Gasteiger partial charge on any atom is 0.118 e. The number of halogens is 1. The van der Waals surface area contributed by atoms with Crippen LogP contribution in [0.4, 0.5) is 0 Å². The number of methoxy groups -OCH3 is 1. The Labute approximate surface area is 347 Å². The molecule has 3 N–H and O–H groups in total. The second kappa shape index (κ2) is 15.7. The summed E-state index contributed by atoms with van der Waals surface area (Å²) in [6.45, 7) is 0. The number of ether oxygens (including phenoxy) is 1. The number of rotatable bonds is 5. The Bertz CT molecular complexity index is 2510. The molecular formula is C52H41IO4. The summed E-state index contributed by atoms with van der Waals surface area (Å²) in [5.41, 5.74) is 13.4. The molecule has 0 amide bonds. The molecule has 2 aliphatic rings. The molecule has 8 aromatic rings. The minimum Gasteiger partial charge on any atom is -0.508 e. The molecule has 0 saturated heterocycles. The standard InChI is InChI=1S/C26H20O2.C25H18O2.CH3I/c1-28-21-16-12-19(13-17-21)26(18-10-14-20(27)15-11-18)24-8-4-2-6-22(24)23-7-3-5-9-25(23)26;26-19-13-9-17(10-14-19)25(18-11-15-20(27)16-12-18)23-7-3-1-5-21(23)22-6-2-4-8-24(22)25;1-2/h2-17,27H,1H3;1-16,26-27H;1H3. The fourth-order valence-corrected chi connectivity index (χ4v) is 9.02. The maximum absolute atomic E-state index is 9.90. The van der Waals surface area contributed by atoms with E-state index in [-0.39, 0.29) is 17.2 Å². The molecule has 0 atom stereocenters. The van der Waals surface area contributed by atoms with Crippen LogP contribution in [-0.2, 0) is 10.8 Å². The summed E-state index contributed by atoms with van der Waals surface area (Å²) in [5.74, 6) is 1.61. The molecule has 10 rings (SSSR count). The number of hydrogen-bond donors (Lipinski definition) is 3. The van der Waals surface area contributed by atoms with Gasteiger partial charge in [0.15, 0.2) is 0 Å². The predicted molar refractivity (Wildman–Crippen MR) is 239 cm³/mol. The first kappa shape index (κ1) is 37.6. The largest absolute Gasteiger partial charge is 0.508 e. The van der Waals surface area contributed by atoms with Crippen molar-refractivity contribution in [2.75, 3.05) is 12.0 Å². The third kappa shape index (κ3) is 6.14. The molecule has 0 radical (unpaired) electrons. The molecule has 0 heterocycles. The highest BCUT2D eigenvalue weighted by Crippen LogP contribution is 2.57. The quantitative estimate of drug-likeness (QED) is 0.119. The predicted octanol–water partition coefficient (Wildman–Crippen LogP) is 12.3. The maximum atomic E-state index is 9.90. The molecule has 0 aromatic heterocycles. The summed E-state index contributed by atoms with van der Waals surface area (Å²) < 4.78 is 5.39. The fraction of sp³-hybridized carbons (Fsp3) is 0.0769. The van der Waals surface area contributed by atoms with Crippen LogP contribution in [0.25, 0.3) is 22.3 Å².